The number of nitrogens with one attached hydrogen (secondary N) is 1. The van der Waals surface area contributed by atoms with E-state index < -0.39 is 10.0 Å². The summed E-state index contributed by atoms with van der Waals surface area (Å²) in [5.41, 5.74) is 0.769. The van der Waals surface area contributed by atoms with Gasteiger partial charge in [-0.05, 0) is 37.1 Å². The highest BCUT2D eigenvalue weighted by molar-refractivity contribution is 7.89. The van der Waals surface area contributed by atoms with Gasteiger partial charge in [-0.1, -0.05) is 0 Å². The van der Waals surface area contributed by atoms with Crippen molar-refractivity contribution in [2.45, 2.75) is 23.7 Å². The molecule has 1 heterocycles. The molecule has 0 radical (unpaired) electrons. The van der Waals surface area contributed by atoms with Crippen LogP contribution in [0.2, 0.25) is 0 Å². The summed E-state index contributed by atoms with van der Waals surface area (Å²) in [4.78, 5) is 4.47. The van der Waals surface area contributed by atoms with E-state index in [1.807, 2.05) is 0 Å². The minimum absolute atomic E-state index is 0.0872. The maximum Gasteiger partial charge on any atom is 0.238 e. The van der Waals surface area contributed by atoms with Gasteiger partial charge >= 0.3 is 0 Å². The first kappa shape index (κ1) is 11.4. The molecular formula is C11H12N4O2S. The first-order valence-corrected chi connectivity index (χ1v) is 7.14. The largest absolute Gasteiger partial charge is 0.262 e. The van der Waals surface area contributed by atoms with E-state index in [4.69, 9.17) is 5.14 Å². The maximum atomic E-state index is 11.1. The van der Waals surface area contributed by atoms with Gasteiger partial charge in [-0.2, -0.15) is 5.10 Å². The van der Waals surface area contributed by atoms with Gasteiger partial charge in [-0.15, -0.1) is 0 Å². The standard InChI is InChI=1S/C11H12N4O2S/c12-18(16,17)9-5-3-8(4-6-9)11-13-10(14-15-11)7-1-2-7/h3-7H,1-2H2,(H2,12,16,17)(H,13,14,15). The molecule has 0 atom stereocenters. The summed E-state index contributed by atoms with van der Waals surface area (Å²) in [5, 5.41) is 12.1. The molecule has 0 spiro atoms. The molecule has 0 bridgehead atoms. The number of primary sulfonamides is 1. The number of aromatic nitrogens is 3. The van der Waals surface area contributed by atoms with E-state index >= 15 is 0 Å². The highest BCUT2D eigenvalue weighted by Gasteiger charge is 2.27. The lowest BCUT2D eigenvalue weighted by molar-refractivity contribution is 0.598. The first-order valence-electron chi connectivity index (χ1n) is 5.59. The molecule has 94 valence electrons. The third-order valence-electron chi connectivity index (χ3n) is 2.91. The van der Waals surface area contributed by atoms with E-state index in [-0.39, 0.29) is 4.90 Å². The molecule has 18 heavy (non-hydrogen) atoms. The normalized spacial score (nSPS) is 15.8. The van der Waals surface area contributed by atoms with E-state index in [0.29, 0.717) is 11.7 Å². The molecule has 0 amide bonds. The lowest BCUT2D eigenvalue weighted by Gasteiger charge is -1.98. The fourth-order valence-electron chi connectivity index (χ4n) is 1.74. The Morgan fingerprint density at radius 1 is 1.22 bits per heavy atom. The molecule has 0 saturated heterocycles. The smallest absolute Gasteiger partial charge is 0.238 e. The minimum atomic E-state index is -3.65. The minimum Gasteiger partial charge on any atom is -0.262 e. The predicted molar refractivity (Wildman–Crippen MR) is 65.2 cm³/mol. The quantitative estimate of drug-likeness (QED) is 0.863. The van der Waals surface area contributed by atoms with E-state index in [9.17, 15) is 8.42 Å². The molecular weight excluding hydrogens is 252 g/mol. The van der Waals surface area contributed by atoms with Crippen molar-refractivity contribution in [1.29, 1.82) is 0 Å². The average Bonchev–Trinajstić information content (AvgIpc) is 3.06. The van der Waals surface area contributed by atoms with Gasteiger partial charge in [0, 0.05) is 11.5 Å². The number of hydrogen-bond acceptors (Lipinski definition) is 4. The van der Waals surface area contributed by atoms with Crippen LogP contribution in [0.1, 0.15) is 24.6 Å². The lowest BCUT2D eigenvalue weighted by atomic mass is 10.2. The van der Waals surface area contributed by atoms with Crippen LogP contribution in [-0.4, -0.2) is 23.6 Å². The number of hydrogen-bond donors (Lipinski definition) is 2. The second-order valence-electron chi connectivity index (χ2n) is 4.39. The summed E-state index contributed by atoms with van der Waals surface area (Å²) in [7, 11) is -3.65. The molecule has 1 saturated carbocycles. The second kappa shape index (κ2) is 3.89. The molecule has 1 fully saturated rings. The van der Waals surface area contributed by atoms with Gasteiger partial charge in [0.1, 0.15) is 5.82 Å². The van der Waals surface area contributed by atoms with Crippen LogP contribution >= 0.6 is 0 Å². The van der Waals surface area contributed by atoms with Crippen molar-refractivity contribution < 1.29 is 8.42 Å². The third kappa shape index (κ3) is 2.14. The summed E-state index contributed by atoms with van der Waals surface area (Å²) in [6.07, 6.45) is 2.30. The zero-order valence-corrected chi connectivity index (χ0v) is 10.3. The van der Waals surface area contributed by atoms with E-state index in [1.54, 1.807) is 12.1 Å². The van der Waals surface area contributed by atoms with Crippen molar-refractivity contribution in [3.05, 3.63) is 30.1 Å². The van der Waals surface area contributed by atoms with Gasteiger partial charge in [-0.25, -0.2) is 18.5 Å². The van der Waals surface area contributed by atoms with Crippen LogP contribution in [0.5, 0.6) is 0 Å². The molecule has 1 aromatic carbocycles. The van der Waals surface area contributed by atoms with Crippen molar-refractivity contribution in [1.82, 2.24) is 15.2 Å². The average molecular weight is 264 g/mol. The van der Waals surface area contributed by atoms with Crippen molar-refractivity contribution >= 4 is 10.0 Å². The summed E-state index contributed by atoms with van der Waals surface area (Å²) < 4.78 is 22.2. The molecule has 2 aromatic rings. The van der Waals surface area contributed by atoms with Crippen molar-refractivity contribution in [3.63, 3.8) is 0 Å². The molecule has 7 heteroatoms. The van der Waals surface area contributed by atoms with Gasteiger partial charge in [0.05, 0.1) is 4.90 Å². The molecule has 0 unspecified atom stereocenters. The van der Waals surface area contributed by atoms with Crippen LogP contribution in [0.4, 0.5) is 0 Å². The Hall–Kier alpha value is -1.73. The highest BCUT2D eigenvalue weighted by Crippen LogP contribution is 2.38. The van der Waals surface area contributed by atoms with Gasteiger partial charge in [0.15, 0.2) is 5.82 Å². The maximum absolute atomic E-state index is 11.1. The third-order valence-corrected chi connectivity index (χ3v) is 3.84. The fourth-order valence-corrected chi connectivity index (χ4v) is 2.25. The number of sulfonamides is 1. The van der Waals surface area contributed by atoms with Gasteiger partial charge < -0.3 is 0 Å². The lowest BCUT2D eigenvalue weighted by Crippen LogP contribution is -2.11. The monoisotopic (exact) mass is 264 g/mol. The number of benzene rings is 1. The van der Waals surface area contributed by atoms with Crippen LogP contribution in [0.15, 0.2) is 29.2 Å². The summed E-state index contributed by atoms with van der Waals surface area (Å²) in [6.45, 7) is 0. The molecule has 3 rings (SSSR count). The topological polar surface area (TPSA) is 102 Å². The molecule has 1 aliphatic carbocycles. The van der Waals surface area contributed by atoms with Gasteiger partial charge in [0.2, 0.25) is 10.0 Å². The van der Waals surface area contributed by atoms with Crippen molar-refractivity contribution in [2.24, 2.45) is 5.14 Å². The SMILES string of the molecule is NS(=O)(=O)c1ccc(-c2n[nH]c(C3CC3)n2)cc1. The number of H-pyrrole nitrogens is 1. The number of rotatable bonds is 3. The Labute approximate surface area is 104 Å². The van der Waals surface area contributed by atoms with Crippen LogP contribution in [-0.2, 0) is 10.0 Å². The van der Waals surface area contributed by atoms with Crippen LogP contribution < -0.4 is 5.14 Å². The summed E-state index contributed by atoms with van der Waals surface area (Å²) >= 11 is 0. The van der Waals surface area contributed by atoms with Crippen molar-refractivity contribution in [2.75, 3.05) is 0 Å². The molecule has 3 N–H and O–H groups in total. The zero-order chi connectivity index (χ0) is 12.8. The Morgan fingerprint density at radius 3 is 2.44 bits per heavy atom. The highest BCUT2D eigenvalue weighted by atomic mass is 32.2. The predicted octanol–water partition coefficient (Wildman–Crippen LogP) is 0.997. The van der Waals surface area contributed by atoms with Crippen LogP contribution in [0.3, 0.4) is 0 Å². The zero-order valence-electron chi connectivity index (χ0n) is 9.50. The summed E-state index contributed by atoms with van der Waals surface area (Å²) in [5.74, 6) is 1.99. The fraction of sp³-hybridized carbons (Fsp3) is 0.273. The second-order valence-corrected chi connectivity index (χ2v) is 5.95. The van der Waals surface area contributed by atoms with E-state index in [1.165, 1.54) is 12.1 Å². The number of nitrogens with zero attached hydrogens (tertiary/aromatic N) is 2. The molecule has 1 aliphatic rings. The van der Waals surface area contributed by atoms with Gasteiger partial charge in [0.25, 0.3) is 0 Å². The van der Waals surface area contributed by atoms with Crippen LogP contribution in [0.25, 0.3) is 11.4 Å². The number of aromatic amines is 1. The Bertz CT molecular complexity index is 671. The summed E-state index contributed by atoms with van der Waals surface area (Å²) in [6, 6.07) is 6.22. The number of nitrogens with two attached hydrogens (primary N) is 1. The Balaban J connectivity index is 1.91. The van der Waals surface area contributed by atoms with Crippen molar-refractivity contribution in [3.8, 4) is 11.4 Å². The van der Waals surface area contributed by atoms with E-state index in [0.717, 1.165) is 24.2 Å². The Kier molecular flexibility index (Phi) is 2.46. The molecule has 0 aliphatic heterocycles. The van der Waals surface area contributed by atoms with E-state index in [2.05, 4.69) is 15.2 Å². The first-order chi connectivity index (χ1) is 8.54. The molecule has 6 nitrogen and oxygen atoms in total. The van der Waals surface area contributed by atoms with Crippen LogP contribution in [0, 0.1) is 0 Å². The Morgan fingerprint density at radius 2 is 1.89 bits per heavy atom. The van der Waals surface area contributed by atoms with Gasteiger partial charge in [-0.3, -0.25) is 5.10 Å². The molecule has 1 aromatic heterocycles.